The van der Waals surface area contributed by atoms with E-state index < -0.39 is 0 Å². The Hall–Kier alpha value is -3.20. The van der Waals surface area contributed by atoms with Crippen LogP contribution >= 0.6 is 0 Å². The first-order chi connectivity index (χ1) is 15.9. The number of nitrogens with zero attached hydrogens (tertiary/aromatic N) is 6. The summed E-state index contributed by atoms with van der Waals surface area (Å²) in [6, 6.07) is 9.27. The van der Waals surface area contributed by atoms with Gasteiger partial charge in [0, 0.05) is 38.5 Å². The molecule has 1 aromatic carbocycles. The van der Waals surface area contributed by atoms with Crippen LogP contribution in [-0.4, -0.2) is 59.6 Å². The molecule has 0 atom stereocenters. The van der Waals surface area contributed by atoms with Crippen molar-refractivity contribution < 1.29 is 13.9 Å². The van der Waals surface area contributed by atoms with Gasteiger partial charge in [-0.15, -0.1) is 10.2 Å². The maximum absolute atomic E-state index is 14.0. The number of hydrogen-bond donors (Lipinski definition) is 0. The smallest absolute Gasteiger partial charge is 0.232 e. The van der Waals surface area contributed by atoms with Crippen molar-refractivity contribution in [1.82, 2.24) is 19.7 Å². The Morgan fingerprint density at radius 2 is 1.94 bits per heavy atom. The zero-order chi connectivity index (χ0) is 23.2. The summed E-state index contributed by atoms with van der Waals surface area (Å²) in [6.45, 7) is 7.30. The average Bonchev–Trinajstić information content (AvgIpc) is 3.18. The molecule has 4 heterocycles. The van der Waals surface area contributed by atoms with E-state index in [4.69, 9.17) is 9.47 Å². The van der Waals surface area contributed by atoms with Gasteiger partial charge in [0.1, 0.15) is 12.4 Å². The molecule has 0 aliphatic carbocycles. The lowest BCUT2D eigenvalue weighted by Crippen LogP contribution is -2.62. The molecule has 0 unspecified atom stereocenters. The molecular formula is C24H29FN6O2. The van der Waals surface area contributed by atoms with Crippen LogP contribution in [0.3, 0.4) is 0 Å². The predicted octanol–water partition coefficient (Wildman–Crippen LogP) is 3.33. The summed E-state index contributed by atoms with van der Waals surface area (Å²) in [4.78, 5) is 8.97. The van der Waals surface area contributed by atoms with Crippen molar-refractivity contribution in [1.29, 1.82) is 0 Å². The first-order valence-electron chi connectivity index (χ1n) is 11.2. The van der Waals surface area contributed by atoms with Crippen molar-refractivity contribution in [2.45, 2.75) is 38.3 Å². The van der Waals surface area contributed by atoms with Crippen molar-refractivity contribution in [3.63, 3.8) is 0 Å². The summed E-state index contributed by atoms with van der Waals surface area (Å²) in [7, 11) is 3.24. The molecule has 1 saturated heterocycles. The second kappa shape index (κ2) is 8.30. The number of aromatic nitrogens is 4. The quantitative estimate of drug-likeness (QED) is 0.568. The number of rotatable bonds is 6. The highest BCUT2D eigenvalue weighted by molar-refractivity contribution is 5.61. The van der Waals surface area contributed by atoms with Crippen LogP contribution in [0.25, 0.3) is 5.69 Å². The van der Waals surface area contributed by atoms with Crippen molar-refractivity contribution in [2.24, 2.45) is 0 Å². The normalized spacial score (nSPS) is 17.6. The van der Waals surface area contributed by atoms with E-state index in [-0.39, 0.29) is 11.2 Å². The standard InChI is InChI=1S/C24H29FN6O2/c1-24(2)9-10-30(20-7-5-16(25)11-19(20)24)18-13-29(14-18)23-28-27-21(15-32-3)31(23)17-6-8-22(33-4)26-12-17/h5-8,11-12,18H,9-10,13-15H2,1-4H3. The number of hydrogen-bond acceptors (Lipinski definition) is 7. The maximum Gasteiger partial charge on any atom is 0.232 e. The fourth-order valence-electron chi connectivity index (χ4n) is 4.78. The summed E-state index contributed by atoms with van der Waals surface area (Å²) in [6.07, 6.45) is 2.74. The molecule has 0 spiro atoms. The Bertz CT molecular complexity index is 1140. The SMILES string of the molecule is COCc1nnc(N2CC(N3CCC(C)(C)c4cc(F)ccc43)C2)n1-c1ccc(OC)nc1. The van der Waals surface area contributed by atoms with Gasteiger partial charge in [0.05, 0.1) is 25.0 Å². The van der Waals surface area contributed by atoms with E-state index in [1.807, 2.05) is 22.8 Å². The van der Waals surface area contributed by atoms with Gasteiger partial charge in [-0.2, -0.15) is 0 Å². The molecule has 0 amide bonds. The molecule has 33 heavy (non-hydrogen) atoms. The molecule has 0 bridgehead atoms. The van der Waals surface area contributed by atoms with Crippen LogP contribution in [0, 0.1) is 5.82 Å². The van der Waals surface area contributed by atoms with Crippen LogP contribution in [0.1, 0.15) is 31.7 Å². The van der Waals surface area contributed by atoms with E-state index >= 15 is 0 Å². The molecule has 8 nitrogen and oxygen atoms in total. The van der Waals surface area contributed by atoms with Gasteiger partial charge in [0.2, 0.25) is 11.8 Å². The van der Waals surface area contributed by atoms with Crippen LogP contribution in [0.5, 0.6) is 5.88 Å². The van der Waals surface area contributed by atoms with Gasteiger partial charge in [-0.3, -0.25) is 4.57 Å². The molecule has 3 aromatic rings. The lowest BCUT2D eigenvalue weighted by Gasteiger charge is -2.50. The first-order valence-corrected chi connectivity index (χ1v) is 11.2. The molecule has 9 heteroatoms. The van der Waals surface area contributed by atoms with E-state index in [0.29, 0.717) is 24.4 Å². The summed E-state index contributed by atoms with van der Waals surface area (Å²) in [5, 5.41) is 8.83. The maximum atomic E-state index is 14.0. The molecule has 2 aliphatic rings. The largest absolute Gasteiger partial charge is 0.481 e. The van der Waals surface area contributed by atoms with E-state index in [9.17, 15) is 4.39 Å². The third-order valence-electron chi connectivity index (χ3n) is 6.74. The Kier molecular flexibility index (Phi) is 5.44. The number of ether oxygens (including phenoxy) is 2. The minimum Gasteiger partial charge on any atom is -0.481 e. The third kappa shape index (κ3) is 3.80. The molecule has 0 saturated carbocycles. The summed E-state index contributed by atoms with van der Waals surface area (Å²) < 4.78 is 26.5. The fraction of sp³-hybridized carbons (Fsp3) is 0.458. The number of benzene rings is 1. The Morgan fingerprint density at radius 3 is 2.64 bits per heavy atom. The molecule has 2 aliphatic heterocycles. The number of fused-ring (bicyclic) bond motifs is 1. The highest BCUT2D eigenvalue weighted by Gasteiger charge is 2.40. The third-order valence-corrected chi connectivity index (χ3v) is 6.74. The summed E-state index contributed by atoms with van der Waals surface area (Å²) in [5.74, 6) is 1.85. The van der Waals surface area contributed by atoms with Gasteiger partial charge in [-0.25, -0.2) is 9.37 Å². The van der Waals surface area contributed by atoms with Crippen LogP contribution in [0.15, 0.2) is 36.5 Å². The molecule has 5 rings (SSSR count). The lowest BCUT2D eigenvalue weighted by molar-refractivity contribution is 0.176. The second-order valence-electron chi connectivity index (χ2n) is 9.29. The van der Waals surface area contributed by atoms with Crippen molar-refractivity contribution in [2.75, 3.05) is 43.7 Å². The van der Waals surface area contributed by atoms with Gasteiger partial charge >= 0.3 is 0 Å². The van der Waals surface area contributed by atoms with Crippen LogP contribution in [0.4, 0.5) is 16.0 Å². The number of methoxy groups -OCH3 is 2. The summed E-state index contributed by atoms with van der Waals surface area (Å²) >= 11 is 0. The fourth-order valence-corrected chi connectivity index (χ4v) is 4.78. The Labute approximate surface area is 193 Å². The topological polar surface area (TPSA) is 68.5 Å². The number of anilines is 2. The molecule has 0 radical (unpaired) electrons. The van der Waals surface area contributed by atoms with Gasteiger partial charge in [-0.05, 0) is 41.7 Å². The Morgan fingerprint density at radius 1 is 1.12 bits per heavy atom. The van der Waals surface area contributed by atoms with Crippen molar-refractivity contribution in [3.8, 4) is 11.6 Å². The van der Waals surface area contributed by atoms with Gasteiger partial charge in [0.15, 0.2) is 5.82 Å². The molecule has 1 fully saturated rings. The number of pyridine rings is 1. The van der Waals surface area contributed by atoms with E-state index in [1.54, 1.807) is 32.5 Å². The van der Waals surface area contributed by atoms with Gasteiger partial charge < -0.3 is 19.3 Å². The highest BCUT2D eigenvalue weighted by atomic mass is 19.1. The van der Waals surface area contributed by atoms with E-state index in [2.05, 4.69) is 38.8 Å². The predicted molar refractivity (Wildman–Crippen MR) is 124 cm³/mol. The summed E-state index contributed by atoms with van der Waals surface area (Å²) in [5.41, 5.74) is 3.04. The molecule has 174 valence electrons. The van der Waals surface area contributed by atoms with Crippen molar-refractivity contribution >= 4 is 11.6 Å². The average molecular weight is 453 g/mol. The minimum absolute atomic E-state index is 0.0338. The highest BCUT2D eigenvalue weighted by Crippen LogP contribution is 2.42. The Balaban J connectivity index is 1.40. The van der Waals surface area contributed by atoms with Crippen LogP contribution in [0.2, 0.25) is 0 Å². The van der Waals surface area contributed by atoms with Gasteiger partial charge in [-0.1, -0.05) is 13.8 Å². The van der Waals surface area contributed by atoms with Gasteiger partial charge in [0.25, 0.3) is 0 Å². The van der Waals surface area contributed by atoms with Crippen LogP contribution < -0.4 is 14.5 Å². The lowest BCUT2D eigenvalue weighted by atomic mass is 9.77. The van der Waals surface area contributed by atoms with Crippen molar-refractivity contribution in [3.05, 3.63) is 53.7 Å². The molecular weight excluding hydrogens is 423 g/mol. The number of halogens is 1. The van der Waals surface area contributed by atoms with Crippen LogP contribution in [-0.2, 0) is 16.8 Å². The second-order valence-corrected chi connectivity index (χ2v) is 9.29. The van der Waals surface area contributed by atoms with E-state index in [0.717, 1.165) is 48.9 Å². The zero-order valence-electron chi connectivity index (χ0n) is 19.5. The minimum atomic E-state index is -0.175. The first kappa shape index (κ1) is 21.6. The van der Waals surface area contributed by atoms with E-state index in [1.165, 1.54) is 0 Å². The zero-order valence-corrected chi connectivity index (χ0v) is 19.5. The molecule has 2 aromatic heterocycles. The molecule has 0 N–H and O–H groups in total. The monoisotopic (exact) mass is 452 g/mol.